The summed E-state index contributed by atoms with van der Waals surface area (Å²) in [6, 6.07) is 15.6. The maximum absolute atomic E-state index is 12.6. The standard InChI is InChI=1S/C32H46N4O2/c1-22(2)25-16-10-12-18-27(25)31(6,7)35-29(37)33-20-14-15-24(5)21-34-30(38)36-32(8,9)28-19-13-11-17-26(28)23(3)4/h10-13,16-19,24H,1,3,14-15,20-21H2,2,4-9H3,(H2,33,35,37)(H2,34,36,38). The molecule has 0 aliphatic heterocycles. The minimum absolute atomic E-state index is 0.200. The second kappa shape index (κ2) is 13.3. The van der Waals surface area contributed by atoms with Crippen molar-refractivity contribution >= 4 is 23.2 Å². The number of allylic oxidation sites excluding steroid dienone is 2. The van der Waals surface area contributed by atoms with Crippen molar-refractivity contribution < 1.29 is 9.59 Å². The number of carbonyl (C=O) groups excluding carboxylic acids is 2. The molecule has 1 atom stereocenters. The van der Waals surface area contributed by atoms with Crippen LogP contribution < -0.4 is 21.3 Å². The predicted molar refractivity (Wildman–Crippen MR) is 160 cm³/mol. The summed E-state index contributed by atoms with van der Waals surface area (Å²) in [4.78, 5) is 25.2. The second-order valence-electron chi connectivity index (χ2n) is 11.4. The van der Waals surface area contributed by atoms with Crippen molar-refractivity contribution in [1.82, 2.24) is 21.3 Å². The summed E-state index contributed by atoms with van der Waals surface area (Å²) in [5.74, 6) is 0.273. The molecular formula is C32H46N4O2. The molecule has 0 aliphatic carbocycles. The van der Waals surface area contributed by atoms with Crippen LogP contribution in [0.15, 0.2) is 61.7 Å². The first kappa shape index (κ1) is 30.7. The molecule has 1 unspecified atom stereocenters. The van der Waals surface area contributed by atoms with Crippen LogP contribution in [0.3, 0.4) is 0 Å². The highest BCUT2D eigenvalue weighted by Gasteiger charge is 2.26. The number of hydrogen-bond donors (Lipinski definition) is 4. The number of rotatable bonds is 12. The molecule has 0 radical (unpaired) electrons. The van der Waals surface area contributed by atoms with E-state index in [2.05, 4.69) is 41.3 Å². The van der Waals surface area contributed by atoms with Gasteiger partial charge in [-0.1, -0.05) is 79.8 Å². The summed E-state index contributed by atoms with van der Waals surface area (Å²) in [7, 11) is 0. The highest BCUT2D eigenvalue weighted by Crippen LogP contribution is 2.29. The molecule has 0 fully saturated rings. The number of amides is 4. The van der Waals surface area contributed by atoms with Gasteiger partial charge in [0.15, 0.2) is 0 Å². The van der Waals surface area contributed by atoms with Gasteiger partial charge in [0.1, 0.15) is 0 Å². The molecule has 4 amide bonds. The monoisotopic (exact) mass is 518 g/mol. The molecule has 206 valence electrons. The van der Waals surface area contributed by atoms with Gasteiger partial charge >= 0.3 is 12.1 Å². The molecule has 38 heavy (non-hydrogen) atoms. The zero-order valence-corrected chi connectivity index (χ0v) is 24.3. The van der Waals surface area contributed by atoms with E-state index in [0.29, 0.717) is 13.1 Å². The Balaban J connectivity index is 1.76. The normalized spacial score (nSPS) is 12.3. The fourth-order valence-corrected chi connectivity index (χ4v) is 4.61. The average molecular weight is 519 g/mol. The summed E-state index contributed by atoms with van der Waals surface area (Å²) in [5, 5.41) is 12.1. The van der Waals surface area contributed by atoms with Crippen molar-refractivity contribution in [2.75, 3.05) is 13.1 Å². The number of benzene rings is 2. The minimum Gasteiger partial charge on any atom is -0.338 e. The summed E-state index contributed by atoms with van der Waals surface area (Å²) < 4.78 is 0. The number of urea groups is 2. The zero-order valence-electron chi connectivity index (χ0n) is 24.3. The Bertz CT molecular complexity index is 1150. The van der Waals surface area contributed by atoms with Gasteiger partial charge in [-0.15, -0.1) is 0 Å². The third kappa shape index (κ3) is 8.79. The Morgan fingerprint density at radius 3 is 1.63 bits per heavy atom. The summed E-state index contributed by atoms with van der Waals surface area (Å²) in [6.07, 6.45) is 1.70. The predicted octanol–water partition coefficient (Wildman–Crippen LogP) is 6.94. The first-order valence-electron chi connectivity index (χ1n) is 13.4. The van der Waals surface area contributed by atoms with Crippen molar-refractivity contribution in [2.24, 2.45) is 5.92 Å². The van der Waals surface area contributed by atoms with E-state index in [4.69, 9.17) is 0 Å². The van der Waals surface area contributed by atoms with Crippen LogP contribution >= 0.6 is 0 Å². The topological polar surface area (TPSA) is 82.3 Å². The Hall–Kier alpha value is -3.54. The van der Waals surface area contributed by atoms with Crippen molar-refractivity contribution in [2.45, 2.75) is 72.4 Å². The van der Waals surface area contributed by atoms with Crippen molar-refractivity contribution in [3.05, 3.63) is 83.9 Å². The van der Waals surface area contributed by atoms with Gasteiger partial charge in [-0.25, -0.2) is 9.59 Å². The third-order valence-electron chi connectivity index (χ3n) is 6.74. The molecule has 0 aliphatic rings. The van der Waals surface area contributed by atoms with Gasteiger partial charge in [-0.2, -0.15) is 0 Å². The summed E-state index contributed by atoms with van der Waals surface area (Å²) >= 11 is 0. The smallest absolute Gasteiger partial charge is 0.315 e. The zero-order chi connectivity index (χ0) is 28.5. The van der Waals surface area contributed by atoms with Gasteiger partial charge in [0, 0.05) is 13.1 Å². The highest BCUT2D eigenvalue weighted by molar-refractivity contribution is 5.76. The lowest BCUT2D eigenvalue weighted by Crippen LogP contribution is -2.48. The van der Waals surface area contributed by atoms with E-state index in [1.165, 1.54) is 0 Å². The molecule has 2 aromatic rings. The van der Waals surface area contributed by atoms with E-state index in [1.807, 2.05) is 90.1 Å². The second-order valence-corrected chi connectivity index (χ2v) is 11.4. The van der Waals surface area contributed by atoms with Crippen LogP contribution in [0.25, 0.3) is 11.1 Å². The van der Waals surface area contributed by atoms with E-state index in [9.17, 15) is 9.59 Å². The number of carbonyl (C=O) groups is 2. The van der Waals surface area contributed by atoms with Gasteiger partial charge < -0.3 is 21.3 Å². The molecule has 2 rings (SSSR count). The number of hydrogen-bond acceptors (Lipinski definition) is 2. The van der Waals surface area contributed by atoms with Crippen LogP contribution in [0, 0.1) is 5.92 Å². The Morgan fingerprint density at radius 2 is 1.18 bits per heavy atom. The Morgan fingerprint density at radius 1 is 0.763 bits per heavy atom. The van der Waals surface area contributed by atoms with Crippen LogP contribution in [-0.2, 0) is 11.1 Å². The molecular weight excluding hydrogens is 472 g/mol. The van der Waals surface area contributed by atoms with Gasteiger partial charge in [0.25, 0.3) is 0 Å². The molecule has 0 aromatic heterocycles. The lowest BCUT2D eigenvalue weighted by atomic mass is 9.87. The van der Waals surface area contributed by atoms with Gasteiger partial charge in [0.05, 0.1) is 11.1 Å². The van der Waals surface area contributed by atoms with Crippen molar-refractivity contribution in [3.63, 3.8) is 0 Å². The van der Waals surface area contributed by atoms with Crippen LogP contribution in [0.4, 0.5) is 9.59 Å². The average Bonchev–Trinajstić information content (AvgIpc) is 2.84. The van der Waals surface area contributed by atoms with E-state index in [0.717, 1.165) is 46.2 Å². The fraction of sp³-hybridized carbons (Fsp3) is 0.438. The molecule has 0 spiro atoms. The third-order valence-corrected chi connectivity index (χ3v) is 6.74. The summed E-state index contributed by atoms with van der Waals surface area (Å²) in [5.41, 5.74) is 5.01. The molecule has 6 nitrogen and oxygen atoms in total. The van der Waals surface area contributed by atoms with E-state index in [-0.39, 0.29) is 18.0 Å². The Kier molecular flexibility index (Phi) is 10.7. The van der Waals surface area contributed by atoms with Gasteiger partial charge in [-0.05, 0) is 82.6 Å². The molecule has 6 heteroatoms. The largest absolute Gasteiger partial charge is 0.338 e. The number of nitrogens with one attached hydrogen (secondary N) is 4. The van der Waals surface area contributed by atoms with E-state index < -0.39 is 11.1 Å². The van der Waals surface area contributed by atoms with Crippen LogP contribution in [0.5, 0.6) is 0 Å². The Labute approximate surface area is 229 Å². The molecule has 0 saturated carbocycles. The molecule has 0 saturated heterocycles. The first-order chi connectivity index (χ1) is 17.7. The van der Waals surface area contributed by atoms with Gasteiger partial charge in [-0.3, -0.25) is 0 Å². The quantitative estimate of drug-likeness (QED) is 0.230. The lowest BCUT2D eigenvalue weighted by Gasteiger charge is -2.30. The van der Waals surface area contributed by atoms with E-state index in [1.54, 1.807) is 0 Å². The first-order valence-corrected chi connectivity index (χ1v) is 13.4. The maximum atomic E-state index is 12.6. The molecule has 2 aromatic carbocycles. The molecule has 0 bridgehead atoms. The fourth-order valence-electron chi connectivity index (χ4n) is 4.61. The summed E-state index contributed by atoms with van der Waals surface area (Å²) in [6.45, 7) is 23.2. The van der Waals surface area contributed by atoms with Crippen LogP contribution in [-0.4, -0.2) is 25.2 Å². The van der Waals surface area contributed by atoms with Crippen LogP contribution in [0.1, 0.15) is 83.6 Å². The molecule has 0 heterocycles. The van der Waals surface area contributed by atoms with Crippen LogP contribution in [0.2, 0.25) is 0 Å². The van der Waals surface area contributed by atoms with Crippen molar-refractivity contribution in [3.8, 4) is 0 Å². The maximum Gasteiger partial charge on any atom is 0.315 e. The lowest BCUT2D eigenvalue weighted by molar-refractivity contribution is 0.228. The van der Waals surface area contributed by atoms with Gasteiger partial charge in [0.2, 0.25) is 0 Å². The van der Waals surface area contributed by atoms with Crippen molar-refractivity contribution in [1.29, 1.82) is 0 Å². The van der Waals surface area contributed by atoms with E-state index >= 15 is 0 Å². The minimum atomic E-state index is -0.543. The highest BCUT2D eigenvalue weighted by atomic mass is 16.2. The SMILES string of the molecule is C=C(C)c1ccccc1C(C)(C)NC(=O)NCCCC(C)CNC(=O)NC(C)(C)c1ccccc1C(=C)C. The molecule has 4 N–H and O–H groups in total.